The van der Waals surface area contributed by atoms with Crippen LogP contribution < -0.4 is 10.1 Å². The van der Waals surface area contributed by atoms with Gasteiger partial charge in [-0.2, -0.15) is 0 Å². The van der Waals surface area contributed by atoms with E-state index in [4.69, 9.17) is 4.74 Å². The minimum Gasteiger partial charge on any atom is -0.484 e. The smallest absolute Gasteiger partial charge is 0.263 e. The van der Waals surface area contributed by atoms with Gasteiger partial charge in [0.25, 0.3) is 5.91 Å². The first kappa shape index (κ1) is 18.8. The van der Waals surface area contributed by atoms with Crippen LogP contribution in [0, 0.1) is 0 Å². The van der Waals surface area contributed by atoms with Gasteiger partial charge in [-0.3, -0.25) is 9.59 Å². The van der Waals surface area contributed by atoms with Crippen molar-refractivity contribution in [1.82, 2.24) is 9.97 Å². The minimum atomic E-state index is -0.335. The van der Waals surface area contributed by atoms with Crippen molar-refractivity contribution in [3.05, 3.63) is 72.4 Å². The molecule has 0 aliphatic heterocycles. The number of hydrogen-bond acceptors (Lipinski definition) is 6. The molecule has 2 aromatic carbocycles. The number of pyridine rings is 1. The van der Waals surface area contributed by atoms with Gasteiger partial charge in [-0.25, -0.2) is 9.97 Å². The molecular weight excluding hydrogens is 386 g/mol. The number of rotatable bonds is 6. The fourth-order valence-corrected chi connectivity index (χ4v) is 3.68. The number of ketones is 1. The lowest BCUT2D eigenvalue weighted by Gasteiger charge is -2.08. The van der Waals surface area contributed by atoms with E-state index in [2.05, 4.69) is 15.3 Å². The molecule has 2 heterocycles. The third-order valence-electron chi connectivity index (χ3n) is 4.18. The molecule has 0 radical (unpaired) electrons. The number of hydrogen-bond donors (Lipinski definition) is 1. The fourth-order valence-electron chi connectivity index (χ4n) is 2.72. The van der Waals surface area contributed by atoms with Gasteiger partial charge in [0, 0.05) is 17.3 Å². The van der Waals surface area contributed by atoms with Gasteiger partial charge in [-0.1, -0.05) is 24.3 Å². The molecule has 0 spiro atoms. The number of carbonyl (C=O) groups excluding carboxylic acids is 2. The van der Waals surface area contributed by atoms with Gasteiger partial charge in [0.15, 0.2) is 12.4 Å². The Balaban J connectivity index is 1.37. The molecule has 4 aromatic rings. The van der Waals surface area contributed by atoms with E-state index < -0.39 is 0 Å². The zero-order chi connectivity index (χ0) is 20.2. The van der Waals surface area contributed by atoms with Gasteiger partial charge in [0.05, 0.1) is 10.2 Å². The SMILES string of the molecule is CC(=O)c1cccc(OCC(=O)Nc2ccc(-c3nc4ccccc4s3)cn2)c1. The van der Waals surface area contributed by atoms with Crippen LogP contribution in [0.15, 0.2) is 66.9 Å². The summed E-state index contributed by atoms with van der Waals surface area (Å²) in [6.07, 6.45) is 1.69. The van der Waals surface area contributed by atoms with Gasteiger partial charge in [-0.15, -0.1) is 11.3 Å². The molecule has 1 N–H and O–H groups in total. The van der Waals surface area contributed by atoms with E-state index in [9.17, 15) is 9.59 Å². The Kier molecular flexibility index (Phi) is 5.31. The molecule has 7 heteroatoms. The summed E-state index contributed by atoms with van der Waals surface area (Å²) in [7, 11) is 0. The van der Waals surface area contributed by atoms with Gasteiger partial charge >= 0.3 is 0 Å². The second-order valence-electron chi connectivity index (χ2n) is 6.34. The number of nitrogens with zero attached hydrogens (tertiary/aromatic N) is 2. The number of amides is 1. The maximum Gasteiger partial charge on any atom is 0.263 e. The van der Waals surface area contributed by atoms with Crippen molar-refractivity contribution in [2.75, 3.05) is 11.9 Å². The van der Waals surface area contributed by atoms with Crippen LogP contribution in [-0.2, 0) is 4.79 Å². The van der Waals surface area contributed by atoms with Crippen LogP contribution in [0.2, 0.25) is 0 Å². The quantitative estimate of drug-likeness (QED) is 0.477. The molecule has 0 aliphatic carbocycles. The summed E-state index contributed by atoms with van der Waals surface area (Å²) in [5.41, 5.74) is 2.38. The average molecular weight is 403 g/mol. The van der Waals surface area contributed by atoms with Crippen LogP contribution in [0.5, 0.6) is 5.75 Å². The molecule has 2 aromatic heterocycles. The van der Waals surface area contributed by atoms with Crippen LogP contribution in [0.4, 0.5) is 5.82 Å². The monoisotopic (exact) mass is 403 g/mol. The number of carbonyl (C=O) groups is 2. The van der Waals surface area contributed by atoms with Gasteiger partial charge in [0.1, 0.15) is 16.6 Å². The molecule has 0 saturated heterocycles. The predicted octanol–water partition coefficient (Wildman–Crippen LogP) is 4.58. The van der Waals surface area contributed by atoms with Crippen LogP contribution in [-0.4, -0.2) is 28.3 Å². The van der Waals surface area contributed by atoms with Crippen molar-refractivity contribution in [2.45, 2.75) is 6.92 Å². The zero-order valence-electron chi connectivity index (χ0n) is 15.6. The summed E-state index contributed by atoms with van der Waals surface area (Å²) in [6.45, 7) is 1.30. The van der Waals surface area contributed by atoms with E-state index in [1.807, 2.05) is 30.3 Å². The Labute approximate surface area is 171 Å². The standard InChI is InChI=1S/C22H17N3O3S/c1-14(26)15-5-4-6-17(11-15)28-13-21(27)25-20-10-9-16(12-23-20)22-24-18-7-2-3-8-19(18)29-22/h2-12H,13H2,1H3,(H,23,25,27). The summed E-state index contributed by atoms with van der Waals surface area (Å²) < 4.78 is 6.57. The van der Waals surface area contributed by atoms with Crippen molar-refractivity contribution in [1.29, 1.82) is 0 Å². The summed E-state index contributed by atoms with van der Waals surface area (Å²) in [4.78, 5) is 32.4. The first-order chi connectivity index (χ1) is 14.1. The van der Waals surface area contributed by atoms with Gasteiger partial charge in [0.2, 0.25) is 0 Å². The highest BCUT2D eigenvalue weighted by Gasteiger charge is 2.09. The lowest BCUT2D eigenvalue weighted by molar-refractivity contribution is -0.118. The Morgan fingerprint density at radius 3 is 2.69 bits per heavy atom. The molecule has 0 fully saturated rings. The first-order valence-corrected chi connectivity index (χ1v) is 9.76. The number of thiazole rings is 1. The zero-order valence-corrected chi connectivity index (χ0v) is 16.4. The topological polar surface area (TPSA) is 81.2 Å². The third-order valence-corrected chi connectivity index (χ3v) is 5.27. The van der Waals surface area contributed by atoms with Crippen molar-refractivity contribution in [2.24, 2.45) is 0 Å². The molecular formula is C22H17N3O3S. The van der Waals surface area contributed by atoms with Gasteiger partial charge in [-0.05, 0) is 43.3 Å². The molecule has 6 nitrogen and oxygen atoms in total. The van der Waals surface area contributed by atoms with Gasteiger partial charge < -0.3 is 10.1 Å². The van der Waals surface area contributed by atoms with E-state index >= 15 is 0 Å². The second-order valence-corrected chi connectivity index (χ2v) is 7.37. The highest BCUT2D eigenvalue weighted by molar-refractivity contribution is 7.21. The Hall–Kier alpha value is -3.58. The molecule has 144 valence electrons. The molecule has 0 unspecified atom stereocenters. The number of Topliss-reactive ketones (excluding diaryl/α,β-unsaturated/α-hetero) is 1. The molecule has 0 aliphatic rings. The number of aromatic nitrogens is 2. The Morgan fingerprint density at radius 2 is 1.93 bits per heavy atom. The normalized spacial score (nSPS) is 10.7. The van der Waals surface area contributed by atoms with E-state index in [1.165, 1.54) is 6.92 Å². The fraction of sp³-hybridized carbons (Fsp3) is 0.0909. The maximum absolute atomic E-state index is 12.1. The van der Waals surface area contributed by atoms with Crippen molar-refractivity contribution in [3.63, 3.8) is 0 Å². The molecule has 29 heavy (non-hydrogen) atoms. The molecule has 4 rings (SSSR count). The first-order valence-electron chi connectivity index (χ1n) is 8.94. The van der Waals surface area contributed by atoms with Crippen molar-refractivity contribution < 1.29 is 14.3 Å². The number of ether oxygens (including phenoxy) is 1. The lowest BCUT2D eigenvalue weighted by atomic mass is 10.1. The molecule has 0 atom stereocenters. The highest BCUT2D eigenvalue weighted by atomic mass is 32.1. The summed E-state index contributed by atoms with van der Waals surface area (Å²) in [5, 5.41) is 3.58. The Morgan fingerprint density at radius 1 is 1.07 bits per heavy atom. The van der Waals surface area contributed by atoms with Crippen molar-refractivity contribution in [3.8, 4) is 16.3 Å². The maximum atomic E-state index is 12.1. The van der Waals surface area contributed by atoms with E-state index in [-0.39, 0.29) is 18.3 Å². The Bertz CT molecular complexity index is 1150. The predicted molar refractivity (Wildman–Crippen MR) is 113 cm³/mol. The number of anilines is 1. The molecule has 0 bridgehead atoms. The van der Waals surface area contributed by atoms with Crippen molar-refractivity contribution >= 4 is 39.1 Å². The largest absolute Gasteiger partial charge is 0.484 e. The van der Waals surface area contributed by atoms with E-state index in [0.717, 1.165) is 20.8 Å². The second kappa shape index (κ2) is 8.20. The van der Waals surface area contributed by atoms with Crippen LogP contribution in [0.1, 0.15) is 17.3 Å². The van der Waals surface area contributed by atoms with Crippen LogP contribution in [0.3, 0.4) is 0 Å². The molecule has 1 amide bonds. The number of para-hydroxylation sites is 1. The highest BCUT2D eigenvalue weighted by Crippen LogP contribution is 2.29. The van der Waals surface area contributed by atoms with E-state index in [1.54, 1.807) is 47.9 Å². The molecule has 0 saturated carbocycles. The van der Waals surface area contributed by atoms with Crippen LogP contribution in [0.25, 0.3) is 20.8 Å². The summed E-state index contributed by atoms with van der Waals surface area (Å²) >= 11 is 1.60. The number of nitrogens with one attached hydrogen (secondary N) is 1. The third kappa shape index (κ3) is 4.47. The summed E-state index contributed by atoms with van der Waals surface area (Å²) in [5.74, 6) is 0.503. The summed E-state index contributed by atoms with van der Waals surface area (Å²) in [6, 6.07) is 18.3. The number of benzene rings is 2. The lowest BCUT2D eigenvalue weighted by Crippen LogP contribution is -2.20. The van der Waals surface area contributed by atoms with E-state index in [0.29, 0.717) is 17.1 Å². The number of fused-ring (bicyclic) bond motifs is 1. The minimum absolute atomic E-state index is 0.0580. The van der Waals surface area contributed by atoms with Crippen LogP contribution >= 0.6 is 11.3 Å². The average Bonchev–Trinajstić information content (AvgIpc) is 3.17.